The molecule has 2 rings (SSSR count). The quantitative estimate of drug-likeness (QED) is 0.888. The molecule has 1 aromatic carbocycles. The maximum Gasteiger partial charge on any atom is 0.0936 e. The topological polar surface area (TPSA) is 56.5 Å². The van der Waals surface area contributed by atoms with Gasteiger partial charge in [-0.05, 0) is 12.5 Å². The minimum atomic E-state index is -0.140. The number of nitrogens with zero attached hydrogens (tertiary/aromatic N) is 2. The highest BCUT2D eigenvalue weighted by Gasteiger charge is 2.26. The lowest BCUT2D eigenvalue weighted by Gasteiger charge is -2.36. The third-order valence-electron chi connectivity index (χ3n) is 3.40. The van der Waals surface area contributed by atoms with Gasteiger partial charge in [-0.15, -0.1) is 0 Å². The molecule has 102 valence electrons. The summed E-state index contributed by atoms with van der Waals surface area (Å²) in [5.41, 5.74) is 1.05. The molecular weight excluding hydrogens is 240 g/mol. The summed E-state index contributed by atoms with van der Waals surface area (Å²) in [5, 5.41) is 18.6. The van der Waals surface area contributed by atoms with Crippen LogP contribution in [0.2, 0.25) is 0 Å². The summed E-state index contributed by atoms with van der Waals surface area (Å²) < 4.78 is 5.61. The van der Waals surface area contributed by atoms with Crippen LogP contribution in [0.4, 0.5) is 0 Å². The fourth-order valence-corrected chi connectivity index (χ4v) is 2.55. The second-order valence-corrected chi connectivity index (χ2v) is 5.06. The molecule has 1 aromatic rings. The van der Waals surface area contributed by atoms with Gasteiger partial charge < -0.3 is 9.84 Å². The highest BCUT2D eigenvalue weighted by molar-refractivity contribution is 5.25. The SMILES string of the molecule is CC1CN(CC(C#N)c2ccccc2)CC(CO)O1. The van der Waals surface area contributed by atoms with Crippen molar-refractivity contribution in [2.24, 2.45) is 0 Å². The van der Waals surface area contributed by atoms with Crippen molar-refractivity contribution in [3.63, 3.8) is 0 Å². The predicted octanol–water partition coefficient (Wildman–Crippen LogP) is 1.38. The first kappa shape index (κ1) is 14.0. The van der Waals surface area contributed by atoms with Gasteiger partial charge in [0.2, 0.25) is 0 Å². The third-order valence-corrected chi connectivity index (χ3v) is 3.40. The number of morpholine rings is 1. The van der Waals surface area contributed by atoms with Crippen LogP contribution in [0.15, 0.2) is 30.3 Å². The number of nitriles is 1. The van der Waals surface area contributed by atoms with Gasteiger partial charge in [-0.25, -0.2) is 0 Å². The number of aliphatic hydroxyl groups excluding tert-OH is 1. The second-order valence-electron chi connectivity index (χ2n) is 5.06. The first-order valence-electron chi connectivity index (χ1n) is 6.66. The van der Waals surface area contributed by atoms with Gasteiger partial charge >= 0.3 is 0 Å². The third kappa shape index (κ3) is 3.77. The van der Waals surface area contributed by atoms with Crippen LogP contribution in [0.3, 0.4) is 0 Å². The molecule has 1 N–H and O–H groups in total. The number of hydrogen-bond donors (Lipinski definition) is 1. The largest absolute Gasteiger partial charge is 0.394 e. The van der Waals surface area contributed by atoms with Gasteiger partial charge in [-0.2, -0.15) is 5.26 Å². The van der Waals surface area contributed by atoms with E-state index in [9.17, 15) is 10.4 Å². The molecule has 0 bridgehead atoms. The number of rotatable bonds is 4. The Morgan fingerprint density at radius 2 is 2.16 bits per heavy atom. The molecule has 19 heavy (non-hydrogen) atoms. The molecule has 0 radical (unpaired) electrons. The molecule has 1 heterocycles. The molecule has 3 atom stereocenters. The monoisotopic (exact) mass is 260 g/mol. The summed E-state index contributed by atoms with van der Waals surface area (Å²) in [4.78, 5) is 2.20. The van der Waals surface area contributed by atoms with Crippen LogP contribution in [0, 0.1) is 11.3 Å². The van der Waals surface area contributed by atoms with E-state index in [1.807, 2.05) is 37.3 Å². The lowest BCUT2D eigenvalue weighted by molar-refractivity contribution is -0.0953. The van der Waals surface area contributed by atoms with E-state index in [1.165, 1.54) is 0 Å². The van der Waals surface area contributed by atoms with Crippen molar-refractivity contribution >= 4 is 0 Å². The van der Waals surface area contributed by atoms with Gasteiger partial charge in [0.1, 0.15) is 0 Å². The van der Waals surface area contributed by atoms with E-state index in [4.69, 9.17) is 4.74 Å². The molecule has 0 aliphatic carbocycles. The molecule has 0 amide bonds. The average molecular weight is 260 g/mol. The van der Waals surface area contributed by atoms with Crippen molar-refractivity contribution in [2.75, 3.05) is 26.2 Å². The van der Waals surface area contributed by atoms with Gasteiger partial charge in [0.05, 0.1) is 30.8 Å². The van der Waals surface area contributed by atoms with Crippen molar-refractivity contribution in [3.05, 3.63) is 35.9 Å². The highest BCUT2D eigenvalue weighted by Crippen LogP contribution is 2.19. The number of hydrogen-bond acceptors (Lipinski definition) is 4. The van der Waals surface area contributed by atoms with Crippen LogP contribution in [0.1, 0.15) is 18.4 Å². The number of aliphatic hydroxyl groups is 1. The van der Waals surface area contributed by atoms with Gasteiger partial charge in [0.15, 0.2) is 0 Å². The molecule has 0 spiro atoms. The average Bonchev–Trinajstić information content (AvgIpc) is 2.45. The van der Waals surface area contributed by atoms with Gasteiger partial charge in [0, 0.05) is 19.6 Å². The van der Waals surface area contributed by atoms with E-state index in [1.54, 1.807) is 0 Å². The maximum atomic E-state index is 9.34. The Labute approximate surface area is 114 Å². The lowest BCUT2D eigenvalue weighted by Crippen LogP contribution is -2.49. The van der Waals surface area contributed by atoms with Gasteiger partial charge in [-0.1, -0.05) is 30.3 Å². The molecule has 4 heteroatoms. The Morgan fingerprint density at radius 1 is 1.42 bits per heavy atom. The second kappa shape index (κ2) is 6.67. The Morgan fingerprint density at radius 3 is 2.79 bits per heavy atom. The summed E-state index contributed by atoms with van der Waals surface area (Å²) in [6, 6.07) is 12.2. The van der Waals surface area contributed by atoms with Crippen molar-refractivity contribution in [1.29, 1.82) is 5.26 Å². The Kier molecular flexibility index (Phi) is 4.92. The normalized spacial score (nSPS) is 25.7. The minimum absolute atomic E-state index is 0.0311. The fraction of sp³-hybridized carbons (Fsp3) is 0.533. The summed E-state index contributed by atoms with van der Waals surface area (Å²) >= 11 is 0. The fourth-order valence-electron chi connectivity index (χ4n) is 2.55. The highest BCUT2D eigenvalue weighted by atomic mass is 16.5. The van der Waals surface area contributed by atoms with E-state index in [0.29, 0.717) is 13.1 Å². The molecular formula is C15H20N2O2. The van der Waals surface area contributed by atoms with E-state index in [0.717, 1.165) is 12.1 Å². The van der Waals surface area contributed by atoms with Crippen molar-refractivity contribution < 1.29 is 9.84 Å². The standard InChI is InChI=1S/C15H20N2O2/c1-12-8-17(10-15(11-18)19-12)9-14(7-16)13-5-3-2-4-6-13/h2-6,12,14-15,18H,8-11H2,1H3. The zero-order chi connectivity index (χ0) is 13.7. The van der Waals surface area contributed by atoms with Gasteiger partial charge in [0.25, 0.3) is 0 Å². The lowest BCUT2D eigenvalue weighted by atomic mass is 9.99. The molecule has 0 saturated carbocycles. The van der Waals surface area contributed by atoms with E-state index < -0.39 is 0 Å². The molecule has 1 aliphatic rings. The first-order valence-corrected chi connectivity index (χ1v) is 6.66. The van der Waals surface area contributed by atoms with Crippen molar-refractivity contribution in [1.82, 2.24) is 4.90 Å². The Bertz CT molecular complexity index is 430. The number of benzene rings is 1. The van der Waals surface area contributed by atoms with Gasteiger partial charge in [-0.3, -0.25) is 4.90 Å². The summed E-state index contributed by atoms with van der Waals surface area (Å²) in [6.07, 6.45) is -0.0418. The molecule has 1 aliphatic heterocycles. The zero-order valence-electron chi connectivity index (χ0n) is 11.2. The number of ether oxygens (including phenoxy) is 1. The molecule has 4 nitrogen and oxygen atoms in total. The van der Waals surface area contributed by atoms with Crippen molar-refractivity contribution in [2.45, 2.75) is 25.0 Å². The maximum absolute atomic E-state index is 9.34. The Hall–Kier alpha value is -1.41. The summed E-state index contributed by atoms with van der Waals surface area (Å²) in [5.74, 6) is -0.133. The van der Waals surface area contributed by atoms with Crippen molar-refractivity contribution in [3.8, 4) is 6.07 Å². The molecule has 1 fully saturated rings. The zero-order valence-corrected chi connectivity index (χ0v) is 11.2. The predicted molar refractivity (Wildman–Crippen MR) is 72.7 cm³/mol. The van der Waals surface area contributed by atoms with Crippen LogP contribution < -0.4 is 0 Å². The van der Waals surface area contributed by atoms with E-state index >= 15 is 0 Å². The van der Waals surface area contributed by atoms with Crippen LogP contribution in [0.25, 0.3) is 0 Å². The van der Waals surface area contributed by atoms with Crippen LogP contribution in [-0.4, -0.2) is 48.5 Å². The minimum Gasteiger partial charge on any atom is -0.394 e. The summed E-state index contributed by atoms with van der Waals surface area (Å²) in [7, 11) is 0. The Balaban J connectivity index is 2.01. The smallest absolute Gasteiger partial charge is 0.0936 e. The van der Waals surface area contributed by atoms with Crippen LogP contribution >= 0.6 is 0 Å². The van der Waals surface area contributed by atoms with E-state index in [2.05, 4.69) is 11.0 Å². The molecule has 3 unspecified atom stereocenters. The molecule has 1 saturated heterocycles. The van der Waals surface area contributed by atoms with Crippen LogP contribution in [0.5, 0.6) is 0 Å². The van der Waals surface area contributed by atoms with Crippen LogP contribution in [-0.2, 0) is 4.74 Å². The first-order chi connectivity index (χ1) is 9.22. The van der Waals surface area contributed by atoms with E-state index in [-0.39, 0.29) is 24.7 Å². The summed E-state index contributed by atoms with van der Waals surface area (Å²) in [6.45, 7) is 4.21. The molecule has 0 aromatic heterocycles.